The number of halogens is 1. The molecule has 0 bridgehead atoms. The first-order chi connectivity index (χ1) is 24.2. The van der Waals surface area contributed by atoms with Crippen LogP contribution in [0.1, 0.15) is 20.7 Å². The number of morpholine rings is 1. The topological polar surface area (TPSA) is 158 Å². The minimum Gasteiger partial charge on any atom is -0.494 e. The highest BCUT2D eigenvalue weighted by Gasteiger charge is 2.28. The lowest BCUT2D eigenvalue weighted by Crippen LogP contribution is -2.48. The van der Waals surface area contributed by atoms with Crippen molar-refractivity contribution in [1.29, 1.82) is 0 Å². The zero-order valence-corrected chi connectivity index (χ0v) is 29.1. The van der Waals surface area contributed by atoms with Crippen LogP contribution in [0.3, 0.4) is 0 Å². The molecule has 0 unspecified atom stereocenters. The molecule has 16 heteroatoms. The molecule has 2 amide bonds. The predicted octanol–water partition coefficient (Wildman–Crippen LogP) is 3.97. The Morgan fingerprint density at radius 2 is 1.66 bits per heavy atom. The van der Waals surface area contributed by atoms with Crippen LogP contribution in [0, 0.1) is 0 Å². The Labute approximate surface area is 295 Å². The fraction of sp³-hybridized carbons (Fsp3) is 0.294. The molecule has 4 aromatic rings. The second-order valence-electron chi connectivity index (χ2n) is 11.5. The summed E-state index contributed by atoms with van der Waals surface area (Å²) in [6.07, 6.45) is 1.46. The van der Waals surface area contributed by atoms with Gasteiger partial charge >= 0.3 is 0 Å². The van der Waals surface area contributed by atoms with Gasteiger partial charge in [0.05, 0.1) is 48.4 Å². The standard InChI is InChI=1S/C34H37ClN8O6S/c1-36-32(44)26-8-3-4-9-28(26)38-31-27(35)22-37-34(40-31)39-29-11-10-24(21-30(29)48-2)41-12-14-42(15-13-41)33(45)23-6-5-7-25(20-23)50(46,47)43-16-18-49-19-17-43/h3-11,20-22H,12-19H2,1-2H3,(H,36,44)(H2,37,38,39,40). The van der Waals surface area contributed by atoms with Crippen LogP contribution in [0.2, 0.25) is 5.02 Å². The number of ether oxygens (including phenoxy) is 2. The van der Waals surface area contributed by atoms with Gasteiger partial charge in [0.1, 0.15) is 10.8 Å². The monoisotopic (exact) mass is 720 g/mol. The molecule has 2 fully saturated rings. The number of carbonyl (C=O) groups excluding carboxylic acids is 2. The lowest BCUT2D eigenvalue weighted by Gasteiger charge is -2.36. The number of carbonyl (C=O) groups is 2. The number of sulfonamides is 1. The van der Waals surface area contributed by atoms with Gasteiger partial charge < -0.3 is 35.2 Å². The Hall–Kier alpha value is -4.96. The van der Waals surface area contributed by atoms with Gasteiger partial charge in [0, 0.05) is 63.6 Å². The number of hydrogen-bond donors (Lipinski definition) is 3. The van der Waals surface area contributed by atoms with Gasteiger partial charge in [0.15, 0.2) is 5.82 Å². The number of amides is 2. The summed E-state index contributed by atoms with van der Waals surface area (Å²) >= 11 is 6.40. The molecular formula is C34H37ClN8O6S. The minimum absolute atomic E-state index is 0.104. The molecule has 6 rings (SSSR count). The summed E-state index contributed by atoms with van der Waals surface area (Å²) in [4.78, 5) is 38.6. The summed E-state index contributed by atoms with van der Waals surface area (Å²) in [6, 6.07) is 19.0. The predicted molar refractivity (Wildman–Crippen MR) is 191 cm³/mol. The largest absolute Gasteiger partial charge is 0.494 e. The van der Waals surface area contributed by atoms with Gasteiger partial charge in [-0.05, 0) is 42.5 Å². The number of hydrogen-bond acceptors (Lipinski definition) is 11. The molecule has 3 aromatic carbocycles. The van der Waals surface area contributed by atoms with E-state index in [9.17, 15) is 18.0 Å². The van der Waals surface area contributed by atoms with Crippen LogP contribution in [-0.2, 0) is 14.8 Å². The van der Waals surface area contributed by atoms with Crippen LogP contribution < -0.4 is 25.6 Å². The first-order valence-corrected chi connectivity index (χ1v) is 17.8. The van der Waals surface area contributed by atoms with Crippen molar-refractivity contribution >= 4 is 62.3 Å². The Kier molecular flexibility index (Phi) is 10.7. The fourth-order valence-electron chi connectivity index (χ4n) is 5.74. The lowest BCUT2D eigenvalue weighted by molar-refractivity contribution is 0.0729. The van der Waals surface area contributed by atoms with Crippen LogP contribution >= 0.6 is 11.6 Å². The molecule has 0 saturated carbocycles. The average Bonchev–Trinajstić information content (AvgIpc) is 3.16. The normalized spacial score (nSPS) is 15.3. The Morgan fingerprint density at radius 3 is 2.40 bits per heavy atom. The zero-order chi connectivity index (χ0) is 35.3. The SMILES string of the molecule is CNC(=O)c1ccccc1Nc1nc(Nc2ccc(N3CCN(C(=O)c4cccc(S(=O)(=O)N5CCOCC5)c4)CC3)cc2OC)ncc1Cl. The third-order valence-electron chi connectivity index (χ3n) is 8.45. The first kappa shape index (κ1) is 34.9. The van der Waals surface area contributed by atoms with Gasteiger partial charge in [0.25, 0.3) is 11.8 Å². The maximum absolute atomic E-state index is 13.4. The van der Waals surface area contributed by atoms with Gasteiger partial charge in [-0.1, -0.05) is 29.8 Å². The fourth-order valence-corrected chi connectivity index (χ4v) is 7.34. The van der Waals surface area contributed by atoms with Crippen LogP contribution in [0.5, 0.6) is 5.75 Å². The summed E-state index contributed by atoms with van der Waals surface area (Å²) < 4.78 is 38.7. The third kappa shape index (κ3) is 7.60. The van der Waals surface area contributed by atoms with Gasteiger partial charge in [-0.15, -0.1) is 0 Å². The maximum Gasteiger partial charge on any atom is 0.254 e. The molecule has 2 aliphatic heterocycles. The maximum atomic E-state index is 13.4. The number of rotatable bonds is 10. The van der Waals surface area contributed by atoms with Crippen LogP contribution in [0.25, 0.3) is 0 Å². The smallest absolute Gasteiger partial charge is 0.254 e. The van der Waals surface area contributed by atoms with E-state index >= 15 is 0 Å². The van der Waals surface area contributed by atoms with Gasteiger partial charge in [0.2, 0.25) is 16.0 Å². The van der Waals surface area contributed by atoms with Crippen LogP contribution in [0.15, 0.2) is 77.8 Å². The first-order valence-electron chi connectivity index (χ1n) is 16.0. The zero-order valence-electron chi connectivity index (χ0n) is 27.6. The minimum atomic E-state index is -3.72. The van der Waals surface area contributed by atoms with Gasteiger partial charge in [-0.2, -0.15) is 9.29 Å². The van der Waals surface area contributed by atoms with Crippen LogP contribution in [0.4, 0.5) is 28.8 Å². The van der Waals surface area contributed by atoms with E-state index in [1.165, 1.54) is 22.6 Å². The molecule has 1 aromatic heterocycles. The third-order valence-corrected chi connectivity index (χ3v) is 10.6. The number of para-hydroxylation sites is 1. The van der Waals surface area contributed by atoms with E-state index in [-0.39, 0.29) is 40.8 Å². The Balaban J connectivity index is 1.11. The molecule has 0 spiro atoms. The summed E-state index contributed by atoms with van der Waals surface area (Å²) in [7, 11) is -0.590. The Bertz CT molecular complexity index is 1980. The number of methoxy groups -OCH3 is 1. The molecule has 2 saturated heterocycles. The Morgan fingerprint density at radius 1 is 0.900 bits per heavy atom. The number of piperazine rings is 1. The summed E-state index contributed by atoms with van der Waals surface area (Å²) in [6.45, 7) is 3.32. The van der Waals surface area contributed by atoms with Crippen molar-refractivity contribution in [3.05, 3.63) is 89.1 Å². The van der Waals surface area contributed by atoms with E-state index < -0.39 is 10.0 Å². The van der Waals surface area contributed by atoms with Crippen molar-refractivity contribution in [3.63, 3.8) is 0 Å². The molecule has 2 aliphatic rings. The van der Waals surface area contributed by atoms with E-state index in [4.69, 9.17) is 21.1 Å². The number of nitrogens with one attached hydrogen (secondary N) is 3. The highest BCUT2D eigenvalue weighted by Crippen LogP contribution is 2.33. The molecule has 0 aliphatic carbocycles. The van der Waals surface area contributed by atoms with Crippen molar-refractivity contribution in [2.24, 2.45) is 0 Å². The van der Waals surface area contributed by atoms with Crippen LogP contribution in [-0.4, -0.2) is 106 Å². The number of benzene rings is 3. The van der Waals surface area contributed by atoms with Crippen molar-refractivity contribution in [3.8, 4) is 5.75 Å². The molecule has 262 valence electrons. The van der Waals surface area contributed by atoms with Crippen molar-refractivity contribution in [2.75, 3.05) is 82.2 Å². The molecule has 50 heavy (non-hydrogen) atoms. The summed E-state index contributed by atoms with van der Waals surface area (Å²) in [5.41, 5.74) is 2.83. The molecular weight excluding hydrogens is 684 g/mol. The average molecular weight is 721 g/mol. The van der Waals surface area contributed by atoms with E-state index in [1.54, 1.807) is 55.5 Å². The molecule has 14 nitrogen and oxygen atoms in total. The summed E-state index contributed by atoms with van der Waals surface area (Å²) in [5.74, 6) is 0.660. The molecule has 0 atom stereocenters. The number of aromatic nitrogens is 2. The van der Waals surface area contributed by atoms with Crippen molar-refractivity contribution in [2.45, 2.75) is 4.90 Å². The van der Waals surface area contributed by atoms with Crippen molar-refractivity contribution < 1.29 is 27.5 Å². The molecule has 0 radical (unpaired) electrons. The van der Waals surface area contributed by atoms with Gasteiger partial charge in [-0.3, -0.25) is 9.59 Å². The van der Waals surface area contributed by atoms with Crippen molar-refractivity contribution in [1.82, 2.24) is 24.5 Å². The molecule has 3 N–H and O–H groups in total. The van der Waals surface area contributed by atoms with E-state index in [0.717, 1.165) is 5.69 Å². The van der Waals surface area contributed by atoms with E-state index in [2.05, 4.69) is 30.8 Å². The summed E-state index contributed by atoms with van der Waals surface area (Å²) in [5, 5.41) is 9.20. The second-order valence-corrected chi connectivity index (χ2v) is 13.8. The highest BCUT2D eigenvalue weighted by molar-refractivity contribution is 7.89. The number of nitrogens with zero attached hydrogens (tertiary/aromatic N) is 5. The van der Waals surface area contributed by atoms with E-state index in [0.29, 0.717) is 73.5 Å². The highest BCUT2D eigenvalue weighted by atomic mass is 35.5. The van der Waals surface area contributed by atoms with E-state index in [1.807, 2.05) is 18.2 Å². The quantitative estimate of drug-likeness (QED) is 0.218. The van der Waals surface area contributed by atoms with Gasteiger partial charge in [-0.25, -0.2) is 13.4 Å². The number of anilines is 5. The lowest BCUT2D eigenvalue weighted by atomic mass is 10.1. The second kappa shape index (κ2) is 15.3. The molecule has 3 heterocycles.